The first kappa shape index (κ1) is 16.1. The van der Waals surface area contributed by atoms with Crippen LogP contribution in [-0.4, -0.2) is 31.6 Å². The lowest BCUT2D eigenvalue weighted by molar-refractivity contribution is -0.121. The number of amides is 3. The van der Waals surface area contributed by atoms with Gasteiger partial charge in [0.2, 0.25) is 5.91 Å². The summed E-state index contributed by atoms with van der Waals surface area (Å²) in [6.07, 6.45) is 3.06. The van der Waals surface area contributed by atoms with Crippen molar-refractivity contribution in [3.05, 3.63) is 24.0 Å². The third-order valence-electron chi connectivity index (χ3n) is 3.22. The number of halogens is 1. The molecule has 7 heteroatoms. The minimum absolute atomic E-state index is 0.0157. The SMILES string of the molecule is COc1ccc(NC(=O)NCCCC(=O)NC2CC2)cc1F. The van der Waals surface area contributed by atoms with Crippen LogP contribution >= 0.6 is 0 Å². The molecule has 0 aliphatic heterocycles. The number of hydrogen-bond acceptors (Lipinski definition) is 3. The van der Waals surface area contributed by atoms with E-state index in [9.17, 15) is 14.0 Å². The Hall–Kier alpha value is -2.31. The molecule has 0 spiro atoms. The summed E-state index contributed by atoms with van der Waals surface area (Å²) in [5, 5.41) is 8.02. The Morgan fingerprint density at radius 3 is 2.77 bits per heavy atom. The smallest absolute Gasteiger partial charge is 0.319 e. The van der Waals surface area contributed by atoms with Crippen molar-refractivity contribution < 1.29 is 18.7 Å². The molecule has 1 aromatic rings. The van der Waals surface area contributed by atoms with Crippen LogP contribution in [0.3, 0.4) is 0 Å². The van der Waals surface area contributed by atoms with E-state index in [0.29, 0.717) is 31.1 Å². The summed E-state index contributed by atoms with van der Waals surface area (Å²) in [5.74, 6) is -0.411. The van der Waals surface area contributed by atoms with E-state index in [1.165, 1.54) is 19.2 Å². The number of anilines is 1. The monoisotopic (exact) mass is 309 g/mol. The van der Waals surface area contributed by atoms with Crippen LogP contribution in [0, 0.1) is 5.82 Å². The van der Waals surface area contributed by atoms with Gasteiger partial charge in [0.25, 0.3) is 0 Å². The zero-order valence-electron chi connectivity index (χ0n) is 12.4. The van der Waals surface area contributed by atoms with E-state index < -0.39 is 11.8 Å². The molecule has 22 heavy (non-hydrogen) atoms. The molecule has 0 radical (unpaired) electrons. The molecule has 2 rings (SSSR count). The van der Waals surface area contributed by atoms with Gasteiger partial charge in [-0.1, -0.05) is 0 Å². The van der Waals surface area contributed by atoms with Gasteiger partial charge in [-0.2, -0.15) is 0 Å². The van der Waals surface area contributed by atoms with Crippen LogP contribution in [0.4, 0.5) is 14.9 Å². The van der Waals surface area contributed by atoms with Crippen LogP contribution < -0.4 is 20.7 Å². The van der Waals surface area contributed by atoms with Gasteiger partial charge < -0.3 is 20.7 Å². The summed E-state index contributed by atoms with van der Waals surface area (Å²) in [4.78, 5) is 23.1. The largest absolute Gasteiger partial charge is 0.494 e. The summed E-state index contributed by atoms with van der Waals surface area (Å²) < 4.78 is 18.3. The predicted molar refractivity (Wildman–Crippen MR) is 80.4 cm³/mol. The highest BCUT2D eigenvalue weighted by Gasteiger charge is 2.22. The van der Waals surface area contributed by atoms with Crippen molar-refractivity contribution in [3.63, 3.8) is 0 Å². The molecule has 1 aliphatic rings. The number of rotatable bonds is 7. The average molecular weight is 309 g/mol. The second-order valence-corrected chi connectivity index (χ2v) is 5.18. The number of carbonyl (C=O) groups is 2. The maximum Gasteiger partial charge on any atom is 0.319 e. The van der Waals surface area contributed by atoms with Crippen LogP contribution in [0.2, 0.25) is 0 Å². The summed E-state index contributed by atoms with van der Waals surface area (Å²) in [7, 11) is 1.37. The van der Waals surface area contributed by atoms with Gasteiger partial charge in [0, 0.05) is 30.8 Å². The zero-order valence-corrected chi connectivity index (χ0v) is 12.4. The summed E-state index contributed by atoms with van der Waals surface area (Å²) >= 11 is 0. The van der Waals surface area contributed by atoms with Gasteiger partial charge in [0.1, 0.15) is 0 Å². The normalized spacial score (nSPS) is 13.4. The van der Waals surface area contributed by atoms with Crippen LogP contribution in [0.1, 0.15) is 25.7 Å². The second-order valence-electron chi connectivity index (χ2n) is 5.18. The summed E-state index contributed by atoms with van der Waals surface area (Å²) in [6, 6.07) is 4.08. The zero-order chi connectivity index (χ0) is 15.9. The molecule has 0 saturated heterocycles. The van der Waals surface area contributed by atoms with Gasteiger partial charge in [0.15, 0.2) is 11.6 Å². The van der Waals surface area contributed by atoms with Crippen molar-refractivity contribution in [2.24, 2.45) is 0 Å². The Morgan fingerprint density at radius 2 is 2.14 bits per heavy atom. The number of nitrogens with one attached hydrogen (secondary N) is 3. The highest BCUT2D eigenvalue weighted by Crippen LogP contribution is 2.20. The van der Waals surface area contributed by atoms with Crippen LogP contribution in [0.15, 0.2) is 18.2 Å². The topological polar surface area (TPSA) is 79.5 Å². The number of ether oxygens (including phenoxy) is 1. The maximum absolute atomic E-state index is 13.5. The third kappa shape index (κ3) is 5.23. The van der Waals surface area contributed by atoms with Crippen LogP contribution in [-0.2, 0) is 4.79 Å². The van der Waals surface area contributed by atoms with E-state index in [-0.39, 0.29) is 11.7 Å². The Kier molecular flexibility index (Phi) is 5.57. The molecule has 6 nitrogen and oxygen atoms in total. The maximum atomic E-state index is 13.5. The second kappa shape index (κ2) is 7.63. The quantitative estimate of drug-likeness (QED) is 0.674. The van der Waals surface area contributed by atoms with Gasteiger partial charge in [-0.25, -0.2) is 9.18 Å². The van der Waals surface area contributed by atoms with E-state index in [4.69, 9.17) is 4.74 Å². The van der Waals surface area contributed by atoms with Gasteiger partial charge in [0.05, 0.1) is 7.11 Å². The Bertz CT molecular complexity index is 547. The molecule has 0 bridgehead atoms. The first-order chi connectivity index (χ1) is 10.6. The molecule has 3 amide bonds. The molecule has 1 aliphatic carbocycles. The van der Waals surface area contributed by atoms with Crippen molar-refractivity contribution in [1.82, 2.24) is 10.6 Å². The standard InChI is InChI=1S/C15H20FN3O3/c1-22-13-7-6-11(9-12(13)16)19-15(21)17-8-2-3-14(20)18-10-4-5-10/h6-7,9-10H,2-5,8H2,1H3,(H,18,20)(H2,17,19,21). The molecule has 0 unspecified atom stereocenters. The van der Waals surface area contributed by atoms with Gasteiger partial charge in [-0.3, -0.25) is 4.79 Å². The number of carbonyl (C=O) groups excluding carboxylic acids is 2. The van der Waals surface area contributed by atoms with Crippen molar-refractivity contribution >= 4 is 17.6 Å². The molecule has 0 heterocycles. The molecule has 1 saturated carbocycles. The van der Waals surface area contributed by atoms with E-state index in [1.54, 1.807) is 6.07 Å². The van der Waals surface area contributed by atoms with E-state index in [1.807, 2.05) is 0 Å². The highest BCUT2D eigenvalue weighted by atomic mass is 19.1. The lowest BCUT2D eigenvalue weighted by atomic mass is 10.3. The molecule has 3 N–H and O–H groups in total. The molecule has 1 fully saturated rings. The first-order valence-corrected chi connectivity index (χ1v) is 7.26. The van der Waals surface area contributed by atoms with Crippen molar-refractivity contribution in [2.75, 3.05) is 19.0 Å². The fourth-order valence-corrected chi connectivity index (χ4v) is 1.90. The number of methoxy groups -OCH3 is 1. The predicted octanol–water partition coefficient (Wildman–Crippen LogP) is 2.01. The fourth-order valence-electron chi connectivity index (χ4n) is 1.90. The van der Waals surface area contributed by atoms with Gasteiger partial charge in [-0.15, -0.1) is 0 Å². The van der Waals surface area contributed by atoms with Crippen molar-refractivity contribution in [2.45, 2.75) is 31.7 Å². The minimum atomic E-state index is -0.544. The molecule has 0 aromatic heterocycles. The fraction of sp³-hybridized carbons (Fsp3) is 0.467. The number of urea groups is 1. The average Bonchev–Trinajstić information content (AvgIpc) is 3.28. The Morgan fingerprint density at radius 1 is 1.36 bits per heavy atom. The summed E-state index contributed by atoms with van der Waals surface area (Å²) in [6.45, 7) is 0.378. The lowest BCUT2D eigenvalue weighted by Crippen LogP contribution is -2.31. The Balaban J connectivity index is 1.64. The van der Waals surface area contributed by atoms with E-state index >= 15 is 0 Å². The summed E-state index contributed by atoms with van der Waals surface area (Å²) in [5.41, 5.74) is 0.335. The molecular formula is C15H20FN3O3. The van der Waals surface area contributed by atoms with E-state index in [0.717, 1.165) is 12.8 Å². The lowest BCUT2D eigenvalue weighted by Gasteiger charge is -2.09. The van der Waals surface area contributed by atoms with Crippen molar-refractivity contribution in [3.8, 4) is 5.75 Å². The molecular weight excluding hydrogens is 289 g/mol. The third-order valence-corrected chi connectivity index (χ3v) is 3.22. The highest BCUT2D eigenvalue weighted by molar-refractivity contribution is 5.89. The van der Waals surface area contributed by atoms with Gasteiger partial charge >= 0.3 is 6.03 Å². The van der Waals surface area contributed by atoms with Crippen molar-refractivity contribution in [1.29, 1.82) is 0 Å². The first-order valence-electron chi connectivity index (χ1n) is 7.26. The number of hydrogen-bond donors (Lipinski definition) is 3. The molecule has 120 valence electrons. The molecule has 0 atom stereocenters. The number of benzene rings is 1. The van der Waals surface area contributed by atoms with Gasteiger partial charge in [-0.05, 0) is 31.4 Å². The van der Waals surface area contributed by atoms with E-state index in [2.05, 4.69) is 16.0 Å². The minimum Gasteiger partial charge on any atom is -0.494 e. The Labute approximate surface area is 128 Å². The van der Waals surface area contributed by atoms with Crippen LogP contribution in [0.5, 0.6) is 5.75 Å². The van der Waals surface area contributed by atoms with Crippen LogP contribution in [0.25, 0.3) is 0 Å². The molecule has 1 aromatic carbocycles.